The van der Waals surface area contributed by atoms with Gasteiger partial charge in [-0.05, 0) is 25.6 Å². The fourth-order valence-corrected chi connectivity index (χ4v) is 4.38. The third kappa shape index (κ3) is 3.19. The van der Waals surface area contributed by atoms with Crippen molar-refractivity contribution < 1.29 is 4.79 Å². The van der Waals surface area contributed by atoms with Crippen LogP contribution >= 0.6 is 11.3 Å². The van der Waals surface area contributed by atoms with Crippen LogP contribution in [0.2, 0.25) is 0 Å². The molecule has 0 radical (unpaired) electrons. The predicted octanol–water partition coefficient (Wildman–Crippen LogP) is 2.84. The van der Waals surface area contributed by atoms with Gasteiger partial charge in [-0.15, -0.1) is 11.3 Å². The van der Waals surface area contributed by atoms with Crippen molar-refractivity contribution in [2.24, 2.45) is 0 Å². The maximum atomic E-state index is 12.8. The van der Waals surface area contributed by atoms with Crippen molar-refractivity contribution >= 4 is 27.5 Å². The fourth-order valence-electron chi connectivity index (χ4n) is 3.25. The molecular weight excluding hydrogens is 332 g/mol. The average Bonchev–Trinajstić information content (AvgIpc) is 3.18. The van der Waals surface area contributed by atoms with E-state index in [0.717, 1.165) is 53.5 Å². The molecule has 0 N–H and O–H groups in total. The van der Waals surface area contributed by atoms with E-state index in [-0.39, 0.29) is 5.91 Å². The number of amides is 1. The Kier molecular flexibility index (Phi) is 4.31. The largest absolute Gasteiger partial charge is 0.335 e. The molecule has 0 saturated carbocycles. The number of hydrogen-bond donors (Lipinski definition) is 0. The van der Waals surface area contributed by atoms with Gasteiger partial charge < -0.3 is 9.80 Å². The summed E-state index contributed by atoms with van der Waals surface area (Å²) in [5.74, 6) is 0.153. The summed E-state index contributed by atoms with van der Waals surface area (Å²) < 4.78 is 2.02. The molecule has 25 heavy (non-hydrogen) atoms. The molecule has 1 aliphatic heterocycles. The maximum absolute atomic E-state index is 12.8. The van der Waals surface area contributed by atoms with Gasteiger partial charge in [-0.1, -0.05) is 30.3 Å². The smallest absolute Gasteiger partial charge is 0.264 e. The predicted molar refractivity (Wildman–Crippen MR) is 101 cm³/mol. The molecule has 1 aliphatic rings. The molecule has 130 valence electrons. The highest BCUT2D eigenvalue weighted by atomic mass is 32.1. The second-order valence-electron chi connectivity index (χ2n) is 6.65. The number of piperazine rings is 1. The Hall–Kier alpha value is -2.18. The fraction of sp³-hybridized carbons (Fsp3) is 0.368. The monoisotopic (exact) mass is 354 g/mol. The second kappa shape index (κ2) is 6.61. The van der Waals surface area contributed by atoms with Crippen LogP contribution in [-0.4, -0.2) is 58.7 Å². The minimum absolute atomic E-state index is 0.153. The average molecular weight is 354 g/mol. The van der Waals surface area contributed by atoms with Gasteiger partial charge in [0.25, 0.3) is 5.91 Å². The molecule has 0 aliphatic carbocycles. The number of carbonyl (C=O) groups is 1. The molecule has 2 aromatic heterocycles. The van der Waals surface area contributed by atoms with Crippen molar-refractivity contribution in [3.63, 3.8) is 0 Å². The number of carbonyl (C=O) groups excluding carboxylic acids is 1. The van der Waals surface area contributed by atoms with E-state index in [1.54, 1.807) is 11.3 Å². The Morgan fingerprint density at radius 3 is 2.60 bits per heavy atom. The zero-order chi connectivity index (χ0) is 17.4. The van der Waals surface area contributed by atoms with Gasteiger partial charge in [0.05, 0.1) is 17.1 Å². The summed E-state index contributed by atoms with van der Waals surface area (Å²) in [6, 6.07) is 12.3. The SMILES string of the molecule is Cc1nn(Cc2ccccc2)c2sc(C(=O)N3CCN(C)CC3)cc12. The minimum atomic E-state index is 0.153. The van der Waals surface area contributed by atoms with Crippen LogP contribution in [0.1, 0.15) is 20.9 Å². The quantitative estimate of drug-likeness (QED) is 0.726. The zero-order valence-corrected chi connectivity index (χ0v) is 15.4. The number of fused-ring (bicyclic) bond motifs is 1. The Bertz CT molecular complexity index is 891. The molecule has 0 atom stereocenters. The summed E-state index contributed by atoms with van der Waals surface area (Å²) in [5, 5.41) is 5.76. The van der Waals surface area contributed by atoms with Gasteiger partial charge in [-0.25, -0.2) is 0 Å². The lowest BCUT2D eigenvalue weighted by Gasteiger charge is -2.32. The third-order valence-corrected chi connectivity index (χ3v) is 5.92. The van der Waals surface area contributed by atoms with Crippen molar-refractivity contribution in [1.29, 1.82) is 0 Å². The standard InChI is InChI=1S/C19H22N4OS/c1-14-16-12-17(18(24)22-10-8-21(2)9-11-22)25-19(16)23(20-14)13-15-6-4-3-5-7-15/h3-7,12H,8-11,13H2,1-2H3. The molecule has 0 spiro atoms. The summed E-state index contributed by atoms with van der Waals surface area (Å²) in [6.45, 7) is 6.24. The summed E-state index contributed by atoms with van der Waals surface area (Å²) in [5.41, 5.74) is 2.20. The summed E-state index contributed by atoms with van der Waals surface area (Å²) in [4.78, 5) is 19.0. The van der Waals surface area contributed by atoms with E-state index in [1.807, 2.05) is 40.8 Å². The molecule has 1 amide bonds. The maximum Gasteiger partial charge on any atom is 0.264 e. The van der Waals surface area contributed by atoms with E-state index in [4.69, 9.17) is 0 Å². The van der Waals surface area contributed by atoms with E-state index < -0.39 is 0 Å². The number of hydrogen-bond acceptors (Lipinski definition) is 4. The number of likely N-dealkylation sites (N-methyl/N-ethyl adjacent to an activating group) is 1. The third-order valence-electron chi connectivity index (χ3n) is 4.78. The first kappa shape index (κ1) is 16.3. The van der Waals surface area contributed by atoms with Crippen LogP contribution < -0.4 is 0 Å². The summed E-state index contributed by atoms with van der Waals surface area (Å²) >= 11 is 1.56. The highest BCUT2D eigenvalue weighted by molar-refractivity contribution is 7.20. The highest BCUT2D eigenvalue weighted by Gasteiger charge is 2.23. The van der Waals surface area contributed by atoms with Crippen LogP contribution in [0.4, 0.5) is 0 Å². The van der Waals surface area contributed by atoms with Gasteiger partial charge in [0.2, 0.25) is 0 Å². The molecule has 1 saturated heterocycles. The van der Waals surface area contributed by atoms with E-state index in [2.05, 4.69) is 29.2 Å². The summed E-state index contributed by atoms with van der Waals surface area (Å²) in [7, 11) is 2.10. The molecule has 3 heterocycles. The molecule has 1 fully saturated rings. The highest BCUT2D eigenvalue weighted by Crippen LogP contribution is 2.30. The molecule has 6 heteroatoms. The van der Waals surface area contributed by atoms with Crippen LogP contribution in [0.25, 0.3) is 10.2 Å². The van der Waals surface area contributed by atoms with Gasteiger partial charge in [0.1, 0.15) is 4.83 Å². The first-order chi connectivity index (χ1) is 12.1. The number of aromatic nitrogens is 2. The number of aryl methyl sites for hydroxylation is 1. The van der Waals surface area contributed by atoms with Gasteiger partial charge in [-0.3, -0.25) is 9.48 Å². The molecule has 1 aromatic carbocycles. The first-order valence-corrected chi connectivity index (χ1v) is 9.42. The van der Waals surface area contributed by atoms with E-state index in [0.29, 0.717) is 0 Å². The van der Waals surface area contributed by atoms with Crippen LogP contribution in [0, 0.1) is 6.92 Å². The van der Waals surface area contributed by atoms with Crippen molar-refractivity contribution in [2.75, 3.05) is 33.2 Å². The van der Waals surface area contributed by atoms with Crippen molar-refractivity contribution in [1.82, 2.24) is 19.6 Å². The molecular formula is C19H22N4OS. The number of thiophene rings is 1. The summed E-state index contributed by atoms with van der Waals surface area (Å²) in [6.07, 6.45) is 0. The van der Waals surface area contributed by atoms with Crippen molar-refractivity contribution in [3.8, 4) is 0 Å². The molecule has 4 rings (SSSR count). The van der Waals surface area contributed by atoms with E-state index >= 15 is 0 Å². The Labute approximate surface area is 151 Å². The Morgan fingerprint density at radius 2 is 1.88 bits per heavy atom. The van der Waals surface area contributed by atoms with Crippen LogP contribution in [0.15, 0.2) is 36.4 Å². The van der Waals surface area contributed by atoms with E-state index in [9.17, 15) is 4.79 Å². The lowest BCUT2D eigenvalue weighted by Crippen LogP contribution is -2.46. The number of benzene rings is 1. The van der Waals surface area contributed by atoms with Gasteiger partial charge in [0, 0.05) is 31.6 Å². The van der Waals surface area contributed by atoms with Gasteiger partial charge >= 0.3 is 0 Å². The molecule has 3 aromatic rings. The zero-order valence-electron chi connectivity index (χ0n) is 14.6. The lowest BCUT2D eigenvalue weighted by atomic mass is 10.2. The molecule has 0 unspecified atom stereocenters. The van der Waals surface area contributed by atoms with Crippen molar-refractivity contribution in [3.05, 3.63) is 52.5 Å². The molecule has 0 bridgehead atoms. The van der Waals surface area contributed by atoms with Crippen LogP contribution in [0.3, 0.4) is 0 Å². The minimum Gasteiger partial charge on any atom is -0.335 e. The normalized spacial score (nSPS) is 15.8. The van der Waals surface area contributed by atoms with Gasteiger partial charge in [0.15, 0.2) is 0 Å². The van der Waals surface area contributed by atoms with E-state index in [1.165, 1.54) is 5.56 Å². The number of rotatable bonds is 3. The van der Waals surface area contributed by atoms with Crippen LogP contribution in [0.5, 0.6) is 0 Å². The van der Waals surface area contributed by atoms with Crippen molar-refractivity contribution in [2.45, 2.75) is 13.5 Å². The Morgan fingerprint density at radius 1 is 1.16 bits per heavy atom. The topological polar surface area (TPSA) is 41.4 Å². The van der Waals surface area contributed by atoms with Crippen LogP contribution in [-0.2, 0) is 6.54 Å². The second-order valence-corrected chi connectivity index (χ2v) is 7.68. The van der Waals surface area contributed by atoms with Gasteiger partial charge in [-0.2, -0.15) is 5.10 Å². The molecule has 5 nitrogen and oxygen atoms in total. The Balaban J connectivity index is 1.62. The first-order valence-electron chi connectivity index (χ1n) is 8.60. The number of nitrogens with zero attached hydrogens (tertiary/aromatic N) is 4. The lowest BCUT2D eigenvalue weighted by molar-refractivity contribution is 0.0669.